The van der Waals surface area contributed by atoms with E-state index in [0.29, 0.717) is 43.1 Å². The summed E-state index contributed by atoms with van der Waals surface area (Å²) in [6, 6.07) is 3.50. The minimum atomic E-state index is -0.812. The average molecular weight is 264 g/mol. The van der Waals surface area contributed by atoms with Crippen molar-refractivity contribution >= 4 is 12.3 Å². The second kappa shape index (κ2) is 6.22. The van der Waals surface area contributed by atoms with E-state index in [0.717, 1.165) is 18.3 Å². The minimum Gasteiger partial charge on any atom is -0.489 e. The van der Waals surface area contributed by atoms with E-state index >= 15 is 0 Å². The number of rotatable bonds is 5. The van der Waals surface area contributed by atoms with Crippen LogP contribution in [0, 0.1) is 0 Å². The Bertz CT molecular complexity index is 481. The monoisotopic (exact) mass is 264 g/mol. The van der Waals surface area contributed by atoms with Gasteiger partial charge in [0, 0.05) is 12.8 Å². The van der Waals surface area contributed by atoms with Crippen LogP contribution in [0.1, 0.15) is 35.2 Å². The van der Waals surface area contributed by atoms with Crippen LogP contribution in [0.25, 0.3) is 0 Å². The van der Waals surface area contributed by atoms with E-state index in [2.05, 4.69) is 0 Å². The molecule has 0 amide bonds. The molecule has 102 valence electrons. The zero-order valence-corrected chi connectivity index (χ0v) is 10.6. The predicted molar refractivity (Wildman–Crippen MR) is 68.0 cm³/mol. The number of hydrogen-bond acceptors (Lipinski definition) is 4. The van der Waals surface area contributed by atoms with Crippen molar-refractivity contribution in [3.8, 4) is 11.5 Å². The number of carbonyl (C=O) groups excluding carboxylic acids is 1. The molecule has 0 spiro atoms. The van der Waals surface area contributed by atoms with Gasteiger partial charge in [-0.15, -0.1) is 0 Å². The molecule has 1 N–H and O–H groups in total. The highest BCUT2D eigenvalue weighted by Gasteiger charge is 2.18. The summed E-state index contributed by atoms with van der Waals surface area (Å²) in [6.45, 7) is 1.06. The van der Waals surface area contributed by atoms with Crippen LogP contribution in [0.4, 0.5) is 0 Å². The fourth-order valence-corrected chi connectivity index (χ4v) is 2.05. The predicted octanol–water partition coefficient (Wildman–Crippen LogP) is 2.07. The first-order valence-corrected chi connectivity index (χ1v) is 6.31. The third kappa shape index (κ3) is 3.24. The van der Waals surface area contributed by atoms with Gasteiger partial charge in [0.2, 0.25) is 0 Å². The van der Waals surface area contributed by atoms with Crippen molar-refractivity contribution in [1.82, 2.24) is 0 Å². The number of fused-ring (bicyclic) bond motifs is 1. The van der Waals surface area contributed by atoms with Crippen molar-refractivity contribution in [2.45, 2.75) is 25.7 Å². The second-order valence-corrected chi connectivity index (χ2v) is 4.39. The van der Waals surface area contributed by atoms with Gasteiger partial charge >= 0.3 is 5.97 Å². The van der Waals surface area contributed by atoms with E-state index in [-0.39, 0.29) is 6.42 Å². The molecule has 1 aliphatic rings. The lowest BCUT2D eigenvalue weighted by Gasteiger charge is -2.13. The highest BCUT2D eigenvalue weighted by atomic mass is 16.5. The summed E-state index contributed by atoms with van der Waals surface area (Å²) < 4.78 is 11.2. The highest BCUT2D eigenvalue weighted by Crippen LogP contribution is 2.36. The number of ether oxygens (including phenoxy) is 2. The molecule has 0 atom stereocenters. The lowest BCUT2D eigenvalue weighted by Crippen LogP contribution is -2.01. The fourth-order valence-electron chi connectivity index (χ4n) is 2.05. The van der Waals surface area contributed by atoms with Gasteiger partial charge in [-0.25, -0.2) is 0 Å². The van der Waals surface area contributed by atoms with Crippen LogP contribution in [-0.2, 0) is 11.2 Å². The molecule has 1 aliphatic heterocycles. The molecule has 19 heavy (non-hydrogen) atoms. The summed E-state index contributed by atoms with van der Waals surface area (Å²) in [7, 11) is 0. The molecule has 0 saturated carbocycles. The van der Waals surface area contributed by atoms with Gasteiger partial charge in [-0.3, -0.25) is 9.59 Å². The molecule has 5 nitrogen and oxygen atoms in total. The van der Waals surface area contributed by atoms with Crippen LogP contribution >= 0.6 is 0 Å². The standard InChI is InChI=1S/C14H16O5/c15-9-11-6-5-10(3-1-4-12(16)17)13-14(11)19-8-2-7-18-13/h5-6,9H,1-4,7-8H2,(H,16,17). The molecule has 0 aliphatic carbocycles. The SMILES string of the molecule is O=Cc1ccc(CCCC(=O)O)c2c1OCCCO2. The quantitative estimate of drug-likeness (QED) is 0.824. The largest absolute Gasteiger partial charge is 0.489 e. The zero-order chi connectivity index (χ0) is 13.7. The Kier molecular flexibility index (Phi) is 4.39. The van der Waals surface area contributed by atoms with E-state index in [4.69, 9.17) is 14.6 Å². The third-order valence-electron chi connectivity index (χ3n) is 2.97. The van der Waals surface area contributed by atoms with E-state index < -0.39 is 5.97 Å². The molecule has 1 heterocycles. The van der Waals surface area contributed by atoms with E-state index in [1.165, 1.54) is 0 Å². The number of carbonyl (C=O) groups is 2. The number of aryl methyl sites for hydroxylation is 1. The Hall–Kier alpha value is -2.04. The van der Waals surface area contributed by atoms with Crippen LogP contribution in [0.3, 0.4) is 0 Å². The molecule has 0 bridgehead atoms. The molecule has 0 aromatic heterocycles. The maximum absolute atomic E-state index is 11.0. The fraction of sp³-hybridized carbons (Fsp3) is 0.429. The summed E-state index contributed by atoms with van der Waals surface area (Å²) in [4.78, 5) is 21.5. The Balaban J connectivity index is 2.23. The number of aldehydes is 1. The molecule has 5 heteroatoms. The van der Waals surface area contributed by atoms with Crippen molar-refractivity contribution < 1.29 is 24.2 Å². The molecule has 1 aromatic rings. The van der Waals surface area contributed by atoms with Gasteiger partial charge in [-0.05, 0) is 24.5 Å². The number of hydrogen-bond donors (Lipinski definition) is 1. The number of benzene rings is 1. The lowest BCUT2D eigenvalue weighted by molar-refractivity contribution is -0.137. The van der Waals surface area contributed by atoms with Gasteiger partial charge < -0.3 is 14.6 Å². The summed E-state index contributed by atoms with van der Waals surface area (Å²) >= 11 is 0. The molecule has 0 unspecified atom stereocenters. The molecular formula is C14H16O5. The number of aliphatic carboxylic acids is 1. The van der Waals surface area contributed by atoms with Crippen LogP contribution < -0.4 is 9.47 Å². The Morgan fingerprint density at radius 1 is 1.26 bits per heavy atom. The molecule has 0 radical (unpaired) electrons. The first-order valence-electron chi connectivity index (χ1n) is 6.31. The maximum Gasteiger partial charge on any atom is 0.303 e. The van der Waals surface area contributed by atoms with E-state index in [9.17, 15) is 9.59 Å². The number of carboxylic acid groups (broad SMARTS) is 1. The molecule has 2 rings (SSSR count). The maximum atomic E-state index is 11.0. The van der Waals surface area contributed by atoms with Gasteiger partial charge in [0.1, 0.15) is 0 Å². The normalized spacial score (nSPS) is 13.7. The van der Waals surface area contributed by atoms with Crippen molar-refractivity contribution in [2.24, 2.45) is 0 Å². The van der Waals surface area contributed by atoms with Crippen LogP contribution in [-0.4, -0.2) is 30.6 Å². The average Bonchev–Trinajstić information content (AvgIpc) is 2.64. The van der Waals surface area contributed by atoms with Gasteiger partial charge in [0.25, 0.3) is 0 Å². The lowest BCUT2D eigenvalue weighted by atomic mass is 10.0. The smallest absolute Gasteiger partial charge is 0.303 e. The first-order chi connectivity index (χ1) is 9.22. The van der Waals surface area contributed by atoms with Crippen molar-refractivity contribution in [2.75, 3.05) is 13.2 Å². The third-order valence-corrected chi connectivity index (χ3v) is 2.97. The second-order valence-electron chi connectivity index (χ2n) is 4.39. The summed E-state index contributed by atoms with van der Waals surface area (Å²) in [5, 5.41) is 8.65. The molecule has 0 fully saturated rings. The Labute approximate surface area is 111 Å². The van der Waals surface area contributed by atoms with Crippen LogP contribution in [0.5, 0.6) is 11.5 Å². The van der Waals surface area contributed by atoms with Crippen LogP contribution in [0.15, 0.2) is 12.1 Å². The summed E-state index contributed by atoms with van der Waals surface area (Å²) in [6.07, 6.45) is 2.75. The molecule has 1 aromatic carbocycles. The van der Waals surface area contributed by atoms with Crippen molar-refractivity contribution in [3.63, 3.8) is 0 Å². The van der Waals surface area contributed by atoms with E-state index in [1.807, 2.05) is 0 Å². The van der Waals surface area contributed by atoms with Crippen molar-refractivity contribution in [3.05, 3.63) is 23.3 Å². The minimum absolute atomic E-state index is 0.116. The first kappa shape index (κ1) is 13.4. The molecular weight excluding hydrogens is 248 g/mol. The van der Waals surface area contributed by atoms with E-state index in [1.54, 1.807) is 12.1 Å². The Morgan fingerprint density at radius 2 is 2.00 bits per heavy atom. The van der Waals surface area contributed by atoms with Gasteiger partial charge in [0.15, 0.2) is 17.8 Å². The van der Waals surface area contributed by atoms with Gasteiger partial charge in [0.05, 0.1) is 18.8 Å². The summed E-state index contributed by atoms with van der Waals surface area (Å²) in [5.41, 5.74) is 1.36. The van der Waals surface area contributed by atoms with Gasteiger partial charge in [-0.1, -0.05) is 6.07 Å². The van der Waals surface area contributed by atoms with Crippen molar-refractivity contribution in [1.29, 1.82) is 0 Å². The molecule has 0 saturated heterocycles. The summed E-state index contributed by atoms with van der Waals surface area (Å²) in [5.74, 6) is 0.264. The van der Waals surface area contributed by atoms with Crippen LogP contribution in [0.2, 0.25) is 0 Å². The zero-order valence-electron chi connectivity index (χ0n) is 10.6. The Morgan fingerprint density at radius 3 is 2.68 bits per heavy atom. The topological polar surface area (TPSA) is 72.8 Å². The highest BCUT2D eigenvalue weighted by molar-refractivity contribution is 5.82. The van der Waals surface area contributed by atoms with Gasteiger partial charge in [-0.2, -0.15) is 0 Å². The number of carboxylic acids is 1.